The second-order valence-electron chi connectivity index (χ2n) is 9.49. The van der Waals surface area contributed by atoms with Crippen molar-refractivity contribution in [3.05, 3.63) is 52.6 Å². The molecule has 5 heterocycles. The van der Waals surface area contributed by atoms with E-state index in [1.165, 1.54) is 6.07 Å². The van der Waals surface area contributed by atoms with Crippen LogP contribution >= 0.6 is 0 Å². The molecule has 0 saturated carbocycles. The van der Waals surface area contributed by atoms with Gasteiger partial charge in [0.25, 0.3) is 5.56 Å². The van der Waals surface area contributed by atoms with Crippen LogP contribution in [0.5, 0.6) is 0 Å². The number of H-pyrrole nitrogens is 2. The molecule has 3 aliphatic heterocycles. The number of para-hydroxylation sites is 2. The van der Waals surface area contributed by atoms with E-state index in [1.54, 1.807) is 13.2 Å². The van der Waals surface area contributed by atoms with Crippen molar-refractivity contribution in [2.45, 2.75) is 18.9 Å². The van der Waals surface area contributed by atoms with Gasteiger partial charge >= 0.3 is 0 Å². The van der Waals surface area contributed by atoms with E-state index < -0.39 is 0 Å². The zero-order chi connectivity index (χ0) is 23.9. The first-order valence-corrected chi connectivity index (χ1v) is 12.2. The van der Waals surface area contributed by atoms with Gasteiger partial charge in [0.2, 0.25) is 0 Å². The van der Waals surface area contributed by atoms with E-state index in [4.69, 9.17) is 9.72 Å². The van der Waals surface area contributed by atoms with Crippen LogP contribution in [-0.4, -0.2) is 65.8 Å². The van der Waals surface area contributed by atoms with Crippen molar-refractivity contribution < 1.29 is 9.13 Å². The lowest BCUT2D eigenvalue weighted by atomic mass is 9.83. The van der Waals surface area contributed by atoms with Crippen molar-refractivity contribution in [1.29, 1.82) is 0 Å². The van der Waals surface area contributed by atoms with Gasteiger partial charge in [-0.2, -0.15) is 0 Å². The number of nitrogens with one attached hydrogen (secondary N) is 4. The largest absolute Gasteiger partial charge is 0.383 e. The van der Waals surface area contributed by atoms with Gasteiger partial charge in [0.15, 0.2) is 0 Å². The Morgan fingerprint density at radius 3 is 2.74 bits per heavy atom. The molecule has 0 unspecified atom stereocenters. The zero-order valence-electron chi connectivity index (χ0n) is 19.7. The molecular weight excluding hydrogens is 447 g/mol. The Morgan fingerprint density at radius 1 is 1.17 bits per heavy atom. The minimum Gasteiger partial charge on any atom is -0.383 e. The molecule has 2 bridgehead atoms. The maximum Gasteiger partial charge on any atom is 0.261 e. The molecule has 3 fully saturated rings. The molecule has 9 heteroatoms. The van der Waals surface area contributed by atoms with Gasteiger partial charge in [0.1, 0.15) is 17.2 Å². The van der Waals surface area contributed by atoms with Crippen LogP contribution in [0.3, 0.4) is 0 Å². The highest BCUT2D eigenvalue weighted by molar-refractivity contribution is 6.00. The summed E-state index contributed by atoms with van der Waals surface area (Å²) in [5.74, 6) is 0.617. The summed E-state index contributed by atoms with van der Waals surface area (Å²) in [6, 6.07) is 11.0. The number of rotatable bonds is 7. The average molecular weight is 477 g/mol. The van der Waals surface area contributed by atoms with Crippen LogP contribution in [0.1, 0.15) is 12.8 Å². The van der Waals surface area contributed by atoms with Gasteiger partial charge in [0.05, 0.1) is 34.5 Å². The van der Waals surface area contributed by atoms with Crippen LogP contribution in [-0.2, 0) is 4.74 Å². The number of ether oxygens (including phenoxy) is 1. The van der Waals surface area contributed by atoms with E-state index in [0.29, 0.717) is 52.7 Å². The molecule has 8 nitrogen and oxygen atoms in total. The maximum absolute atomic E-state index is 15.2. The van der Waals surface area contributed by atoms with Crippen molar-refractivity contribution in [2.75, 3.05) is 50.5 Å². The normalized spacial score (nSPS) is 21.6. The number of piperidine rings is 3. The van der Waals surface area contributed by atoms with Gasteiger partial charge in [-0.05, 0) is 56.1 Å². The van der Waals surface area contributed by atoms with E-state index in [1.807, 2.05) is 24.3 Å². The molecule has 35 heavy (non-hydrogen) atoms. The molecule has 3 saturated heterocycles. The first kappa shape index (κ1) is 22.1. The van der Waals surface area contributed by atoms with Crippen LogP contribution < -0.4 is 16.2 Å². The number of imidazole rings is 1. The molecule has 0 radical (unpaired) electrons. The van der Waals surface area contributed by atoms with E-state index in [2.05, 4.69) is 25.5 Å². The Balaban J connectivity index is 1.50. The SMILES string of the molecule is COCCNc1cc2[nH]c(=O)c(-c3nc4ccccc4[nH]3)c(N[C@@H]3CN4CCC3CC4)c2cc1F. The highest BCUT2D eigenvalue weighted by Crippen LogP contribution is 2.37. The Kier molecular flexibility index (Phi) is 5.66. The number of fused-ring (bicyclic) bond motifs is 5. The summed E-state index contributed by atoms with van der Waals surface area (Å²) < 4.78 is 20.3. The summed E-state index contributed by atoms with van der Waals surface area (Å²) in [7, 11) is 1.60. The summed E-state index contributed by atoms with van der Waals surface area (Å²) in [4.78, 5) is 26.9. The third kappa shape index (κ3) is 4.04. The molecule has 2 aromatic carbocycles. The van der Waals surface area contributed by atoms with E-state index in [9.17, 15) is 4.79 Å². The van der Waals surface area contributed by atoms with Crippen molar-refractivity contribution >= 4 is 33.3 Å². The molecule has 0 amide bonds. The fourth-order valence-corrected chi connectivity index (χ4v) is 5.50. The van der Waals surface area contributed by atoms with Crippen molar-refractivity contribution in [3.8, 4) is 11.4 Å². The summed E-state index contributed by atoms with van der Waals surface area (Å²) in [6.45, 7) is 4.05. The average Bonchev–Trinajstić information content (AvgIpc) is 3.29. The van der Waals surface area contributed by atoms with Crippen LogP contribution in [0.15, 0.2) is 41.2 Å². The molecule has 0 spiro atoms. The van der Waals surface area contributed by atoms with Crippen LogP contribution in [0, 0.1) is 11.7 Å². The standard InChI is InChI=1S/C26H29FN6O2/c1-35-11-8-28-21-13-20-16(12-17(21)27)24(29-22-14-33-9-6-15(22)7-10-33)23(26(34)32-20)25-30-18-4-2-3-5-19(18)31-25/h2-5,12-13,15,22,28H,6-11,14H2,1H3,(H,30,31)(H2,29,32,34)/t22-/m1/s1. The van der Waals surface area contributed by atoms with Gasteiger partial charge < -0.3 is 30.2 Å². The molecule has 0 aliphatic carbocycles. The highest BCUT2D eigenvalue weighted by atomic mass is 19.1. The number of aromatic nitrogens is 3. The monoisotopic (exact) mass is 476 g/mol. The Bertz CT molecular complexity index is 1410. The maximum atomic E-state index is 15.2. The van der Waals surface area contributed by atoms with Crippen LogP contribution in [0.4, 0.5) is 15.8 Å². The van der Waals surface area contributed by atoms with Gasteiger partial charge in [-0.15, -0.1) is 0 Å². The highest BCUT2D eigenvalue weighted by Gasteiger charge is 2.35. The Hall–Kier alpha value is -3.43. The number of hydrogen-bond donors (Lipinski definition) is 4. The Morgan fingerprint density at radius 2 is 2.00 bits per heavy atom. The number of pyridine rings is 1. The van der Waals surface area contributed by atoms with Gasteiger partial charge in [-0.3, -0.25) is 4.79 Å². The van der Waals surface area contributed by atoms with E-state index in [0.717, 1.165) is 43.5 Å². The first-order valence-electron chi connectivity index (χ1n) is 12.2. The molecular formula is C26H29FN6O2. The molecule has 3 aliphatic rings. The fourth-order valence-electron chi connectivity index (χ4n) is 5.50. The topological polar surface area (TPSA) is 98.1 Å². The predicted octanol–water partition coefficient (Wildman–Crippen LogP) is 3.77. The van der Waals surface area contributed by atoms with Gasteiger partial charge in [-0.1, -0.05) is 12.1 Å². The predicted molar refractivity (Wildman–Crippen MR) is 137 cm³/mol. The third-order valence-electron chi connectivity index (χ3n) is 7.34. The number of anilines is 2. The smallest absolute Gasteiger partial charge is 0.261 e. The lowest BCUT2D eigenvalue weighted by Gasteiger charge is -2.45. The molecule has 182 valence electrons. The lowest BCUT2D eigenvalue weighted by molar-refractivity contribution is 0.0976. The van der Waals surface area contributed by atoms with Crippen molar-refractivity contribution in [3.63, 3.8) is 0 Å². The molecule has 4 N–H and O–H groups in total. The van der Waals surface area contributed by atoms with Gasteiger partial charge in [0, 0.05) is 31.6 Å². The molecule has 7 rings (SSSR count). The number of benzene rings is 2. The second kappa shape index (κ2) is 8.98. The van der Waals surface area contributed by atoms with Crippen molar-refractivity contribution in [1.82, 2.24) is 19.9 Å². The minimum absolute atomic E-state index is 0.188. The number of aromatic amines is 2. The van der Waals surface area contributed by atoms with Crippen LogP contribution in [0.25, 0.3) is 33.3 Å². The summed E-state index contributed by atoms with van der Waals surface area (Å²) in [6.07, 6.45) is 2.25. The van der Waals surface area contributed by atoms with Crippen LogP contribution in [0.2, 0.25) is 0 Å². The summed E-state index contributed by atoms with van der Waals surface area (Å²) >= 11 is 0. The zero-order valence-corrected chi connectivity index (χ0v) is 19.7. The number of halogens is 1. The first-order chi connectivity index (χ1) is 17.1. The van der Waals surface area contributed by atoms with Crippen molar-refractivity contribution in [2.24, 2.45) is 5.92 Å². The van der Waals surface area contributed by atoms with Gasteiger partial charge in [-0.25, -0.2) is 9.37 Å². The fraction of sp³-hybridized carbons (Fsp3) is 0.385. The minimum atomic E-state index is -0.381. The van der Waals surface area contributed by atoms with E-state index in [-0.39, 0.29) is 17.4 Å². The molecule has 2 aromatic heterocycles. The second-order valence-corrected chi connectivity index (χ2v) is 9.49. The summed E-state index contributed by atoms with van der Waals surface area (Å²) in [5.41, 5.74) is 3.29. The number of nitrogens with zero attached hydrogens (tertiary/aromatic N) is 2. The number of methoxy groups -OCH3 is 1. The van der Waals surface area contributed by atoms with E-state index >= 15 is 4.39 Å². The quantitative estimate of drug-likeness (QED) is 0.303. The molecule has 4 aromatic rings. The summed E-state index contributed by atoms with van der Waals surface area (Å²) in [5, 5.41) is 7.35. The number of hydrogen-bond acceptors (Lipinski definition) is 6. The Labute approximate surface area is 201 Å². The lowest BCUT2D eigenvalue weighted by Crippen LogP contribution is -2.53. The molecule has 1 atom stereocenters. The third-order valence-corrected chi connectivity index (χ3v) is 7.34.